The summed E-state index contributed by atoms with van der Waals surface area (Å²) in [5, 5.41) is 11.5. The average Bonchev–Trinajstić information content (AvgIpc) is 3.44. The van der Waals surface area contributed by atoms with Crippen LogP contribution in [-0.2, 0) is 14.3 Å². The third-order valence-corrected chi connectivity index (χ3v) is 7.29. The lowest BCUT2D eigenvalue weighted by Gasteiger charge is -2.27. The van der Waals surface area contributed by atoms with Crippen molar-refractivity contribution < 1.29 is 28.8 Å². The number of non-ortho nitro benzene ring substituents is 1. The molecular weight excluding hydrogens is 488 g/mol. The normalized spacial score (nSPS) is 23.9. The van der Waals surface area contributed by atoms with E-state index in [2.05, 4.69) is 0 Å². The summed E-state index contributed by atoms with van der Waals surface area (Å²) in [7, 11) is 0. The SMILES string of the molecule is O=C1[C@@H]2[C@@H](C(=O)N1c1ccc([N+](=O)[O-])cc1)C1(O[C@H]2c2ccc(Cl)cc2)C(=O)c2ccccc2C1=O. The number of amides is 2. The average molecular weight is 503 g/mol. The van der Waals surface area contributed by atoms with Gasteiger partial charge in [-0.15, -0.1) is 0 Å². The van der Waals surface area contributed by atoms with E-state index in [1.54, 1.807) is 36.4 Å². The second kappa shape index (κ2) is 7.64. The fourth-order valence-electron chi connectivity index (χ4n) is 5.45. The first kappa shape index (κ1) is 22.3. The number of benzene rings is 3. The van der Waals surface area contributed by atoms with Crippen molar-refractivity contribution in [2.24, 2.45) is 11.8 Å². The number of nitro groups is 1. The molecule has 3 atom stereocenters. The molecule has 2 amide bonds. The van der Waals surface area contributed by atoms with Gasteiger partial charge in [0.15, 0.2) is 0 Å². The highest BCUT2D eigenvalue weighted by Crippen LogP contribution is 2.57. The van der Waals surface area contributed by atoms with Crippen molar-refractivity contribution in [2.75, 3.05) is 4.90 Å². The van der Waals surface area contributed by atoms with E-state index in [4.69, 9.17) is 16.3 Å². The first-order valence-electron chi connectivity index (χ1n) is 11.0. The van der Waals surface area contributed by atoms with Crippen LogP contribution in [0, 0.1) is 22.0 Å². The van der Waals surface area contributed by atoms with E-state index in [-0.39, 0.29) is 22.5 Å². The Morgan fingerprint density at radius 3 is 1.97 bits per heavy atom. The highest BCUT2D eigenvalue weighted by Gasteiger charge is 2.74. The molecule has 10 heteroatoms. The van der Waals surface area contributed by atoms with E-state index in [9.17, 15) is 29.3 Å². The van der Waals surface area contributed by atoms with E-state index in [1.807, 2.05) is 0 Å². The van der Waals surface area contributed by atoms with Gasteiger partial charge < -0.3 is 4.74 Å². The van der Waals surface area contributed by atoms with Gasteiger partial charge in [-0.3, -0.25) is 29.3 Å². The highest BCUT2D eigenvalue weighted by atomic mass is 35.5. The third-order valence-electron chi connectivity index (χ3n) is 7.04. The Kier molecular flexibility index (Phi) is 4.73. The minimum atomic E-state index is -2.19. The molecule has 0 bridgehead atoms. The lowest BCUT2D eigenvalue weighted by molar-refractivity contribution is -0.384. The van der Waals surface area contributed by atoms with Gasteiger partial charge in [0, 0.05) is 28.3 Å². The molecule has 0 N–H and O–H groups in total. The van der Waals surface area contributed by atoms with Crippen LogP contribution >= 0.6 is 11.6 Å². The zero-order valence-electron chi connectivity index (χ0n) is 18.3. The molecule has 2 heterocycles. The number of nitro benzene ring substituents is 1. The molecule has 1 aliphatic carbocycles. The summed E-state index contributed by atoms with van der Waals surface area (Å²) in [6.07, 6.45) is -1.08. The topological polar surface area (TPSA) is 124 Å². The Hall–Kier alpha value is -4.21. The molecular formula is C26H15ClN2O7. The van der Waals surface area contributed by atoms with Crippen molar-refractivity contribution >= 4 is 46.4 Å². The maximum Gasteiger partial charge on any atom is 0.269 e. The number of anilines is 1. The fourth-order valence-corrected chi connectivity index (χ4v) is 5.57. The van der Waals surface area contributed by atoms with Crippen LogP contribution in [0.5, 0.6) is 0 Å². The summed E-state index contributed by atoms with van der Waals surface area (Å²) in [6.45, 7) is 0. The molecule has 3 aromatic rings. The molecule has 0 unspecified atom stereocenters. The number of hydrogen-bond acceptors (Lipinski definition) is 7. The second-order valence-corrected chi connectivity index (χ2v) is 9.25. The fraction of sp³-hybridized carbons (Fsp3) is 0.154. The van der Waals surface area contributed by atoms with Crippen molar-refractivity contribution in [1.82, 2.24) is 0 Å². The van der Waals surface area contributed by atoms with Crippen LogP contribution in [0.2, 0.25) is 5.02 Å². The third kappa shape index (κ3) is 2.81. The van der Waals surface area contributed by atoms with Gasteiger partial charge in [-0.05, 0) is 29.8 Å². The van der Waals surface area contributed by atoms with E-state index < -0.39 is 51.8 Å². The van der Waals surface area contributed by atoms with Crippen LogP contribution in [0.3, 0.4) is 0 Å². The second-order valence-electron chi connectivity index (χ2n) is 8.82. The Morgan fingerprint density at radius 1 is 0.833 bits per heavy atom. The van der Waals surface area contributed by atoms with Crippen LogP contribution in [0.25, 0.3) is 0 Å². The standard InChI is InChI=1S/C26H15ClN2O7/c27-14-7-5-13(6-8-14)21-19-20(26(36-21)22(30)17-3-1-2-4-18(17)23(26)31)25(33)28(24(19)32)15-9-11-16(12-10-15)29(34)35/h1-12,19-21H/t19-,20+,21+/m1/s1. The largest absolute Gasteiger partial charge is 0.349 e. The lowest BCUT2D eigenvalue weighted by atomic mass is 9.77. The molecule has 3 aliphatic rings. The van der Waals surface area contributed by atoms with Crippen LogP contribution in [0.4, 0.5) is 11.4 Å². The minimum Gasteiger partial charge on any atom is -0.349 e. The predicted octanol–water partition coefficient (Wildman–Crippen LogP) is 3.94. The molecule has 2 saturated heterocycles. The molecule has 2 fully saturated rings. The summed E-state index contributed by atoms with van der Waals surface area (Å²) in [5.74, 6) is -5.34. The molecule has 178 valence electrons. The molecule has 2 aliphatic heterocycles. The monoisotopic (exact) mass is 502 g/mol. The number of halogens is 1. The smallest absolute Gasteiger partial charge is 0.269 e. The van der Waals surface area contributed by atoms with Crippen LogP contribution in [0.1, 0.15) is 32.4 Å². The van der Waals surface area contributed by atoms with Crippen molar-refractivity contribution in [3.8, 4) is 0 Å². The van der Waals surface area contributed by atoms with Crippen molar-refractivity contribution in [3.05, 3.63) is 105 Å². The Labute approximate surface area is 208 Å². The van der Waals surface area contributed by atoms with Gasteiger partial charge in [0.2, 0.25) is 29.0 Å². The summed E-state index contributed by atoms with van der Waals surface area (Å²) in [5.41, 5.74) is -1.56. The maximum absolute atomic E-state index is 13.8. The number of Topliss-reactive ketones (excluding diaryl/α,β-unsaturated/α-hetero) is 2. The number of carbonyl (C=O) groups is 4. The number of fused-ring (bicyclic) bond motifs is 3. The van der Waals surface area contributed by atoms with Gasteiger partial charge in [0.05, 0.1) is 28.6 Å². The quantitative estimate of drug-likeness (QED) is 0.230. The van der Waals surface area contributed by atoms with Gasteiger partial charge in [-0.1, -0.05) is 48.0 Å². The van der Waals surface area contributed by atoms with Gasteiger partial charge in [-0.2, -0.15) is 0 Å². The van der Waals surface area contributed by atoms with Crippen LogP contribution < -0.4 is 4.90 Å². The Morgan fingerprint density at radius 2 is 1.42 bits per heavy atom. The maximum atomic E-state index is 13.8. The summed E-state index contributed by atoms with van der Waals surface area (Å²) in [6, 6.07) is 17.5. The number of ether oxygens (including phenoxy) is 1. The predicted molar refractivity (Wildman–Crippen MR) is 126 cm³/mol. The van der Waals surface area contributed by atoms with Crippen molar-refractivity contribution in [3.63, 3.8) is 0 Å². The molecule has 0 aromatic heterocycles. The van der Waals surface area contributed by atoms with E-state index in [0.29, 0.717) is 10.6 Å². The molecule has 3 aromatic carbocycles. The Bertz CT molecular complexity index is 1460. The molecule has 36 heavy (non-hydrogen) atoms. The molecule has 1 spiro atoms. The first-order valence-corrected chi connectivity index (χ1v) is 11.4. The van der Waals surface area contributed by atoms with E-state index in [1.165, 1.54) is 36.4 Å². The Balaban J connectivity index is 1.51. The number of ketones is 2. The molecule has 0 radical (unpaired) electrons. The minimum absolute atomic E-state index is 0.102. The zero-order chi connectivity index (χ0) is 25.4. The number of imide groups is 1. The van der Waals surface area contributed by atoms with Gasteiger partial charge in [-0.25, -0.2) is 4.90 Å². The first-order chi connectivity index (χ1) is 17.3. The van der Waals surface area contributed by atoms with Gasteiger partial charge in [0.1, 0.15) is 0 Å². The molecule has 6 rings (SSSR count). The number of rotatable bonds is 3. The highest BCUT2D eigenvalue weighted by molar-refractivity contribution is 6.37. The summed E-state index contributed by atoms with van der Waals surface area (Å²) < 4.78 is 6.19. The van der Waals surface area contributed by atoms with E-state index in [0.717, 1.165) is 4.90 Å². The summed E-state index contributed by atoms with van der Waals surface area (Å²) >= 11 is 6.02. The molecule has 0 saturated carbocycles. The van der Waals surface area contributed by atoms with Gasteiger partial charge in [0.25, 0.3) is 5.69 Å². The van der Waals surface area contributed by atoms with Crippen LogP contribution in [0.15, 0.2) is 72.8 Å². The van der Waals surface area contributed by atoms with Crippen molar-refractivity contribution in [1.29, 1.82) is 0 Å². The van der Waals surface area contributed by atoms with E-state index >= 15 is 0 Å². The number of nitrogens with zero attached hydrogens (tertiary/aromatic N) is 2. The van der Waals surface area contributed by atoms with Crippen molar-refractivity contribution in [2.45, 2.75) is 11.7 Å². The van der Waals surface area contributed by atoms with Crippen LogP contribution in [-0.4, -0.2) is 33.9 Å². The molecule has 9 nitrogen and oxygen atoms in total. The zero-order valence-corrected chi connectivity index (χ0v) is 19.0. The van der Waals surface area contributed by atoms with Gasteiger partial charge >= 0.3 is 0 Å². The number of hydrogen-bond donors (Lipinski definition) is 0. The summed E-state index contributed by atoms with van der Waals surface area (Å²) in [4.78, 5) is 66.3. The lowest BCUT2D eigenvalue weighted by Crippen LogP contribution is -2.51. The number of carbonyl (C=O) groups excluding carboxylic acids is 4.